The van der Waals surface area contributed by atoms with Gasteiger partial charge in [-0.25, -0.2) is 4.89 Å². The Balaban J connectivity index is 2.01. The van der Waals surface area contributed by atoms with E-state index in [9.17, 15) is 5.26 Å². The minimum atomic E-state index is 0.0602. The van der Waals surface area contributed by atoms with Gasteiger partial charge in [0.15, 0.2) is 0 Å². The van der Waals surface area contributed by atoms with Gasteiger partial charge in [0.05, 0.1) is 6.10 Å². The highest BCUT2D eigenvalue weighted by atomic mass is 17.1. The molecule has 1 fully saturated rings. The summed E-state index contributed by atoms with van der Waals surface area (Å²) < 4.78 is 0. The molecule has 1 aliphatic rings. The molecule has 35 valence electrons. The third kappa shape index (κ3) is 0.533. The summed E-state index contributed by atoms with van der Waals surface area (Å²) in [6.45, 7) is 0. The molecule has 0 spiro atoms. The zero-order valence-electron chi connectivity index (χ0n) is 3.52. The summed E-state index contributed by atoms with van der Waals surface area (Å²) in [5, 5.41) is 9.41. The summed E-state index contributed by atoms with van der Waals surface area (Å²) in [6.07, 6.45) is 3.19. The summed E-state index contributed by atoms with van der Waals surface area (Å²) in [7, 11) is 0. The molecule has 0 bridgehead atoms. The predicted molar refractivity (Wildman–Crippen MR) is 19.4 cm³/mol. The van der Waals surface area contributed by atoms with Crippen LogP contribution in [0.3, 0.4) is 0 Å². The molecule has 1 rings (SSSR count). The van der Waals surface area contributed by atoms with Crippen molar-refractivity contribution < 1.29 is 10.1 Å². The van der Waals surface area contributed by atoms with E-state index in [2.05, 4.69) is 4.89 Å². The van der Waals surface area contributed by atoms with Gasteiger partial charge < -0.3 is 0 Å². The van der Waals surface area contributed by atoms with Crippen molar-refractivity contribution >= 4 is 0 Å². The fourth-order valence-electron chi connectivity index (χ4n) is 0.467. The molecule has 0 aromatic rings. The zero-order valence-corrected chi connectivity index (χ0v) is 3.52. The van der Waals surface area contributed by atoms with E-state index in [-0.39, 0.29) is 6.10 Å². The fraction of sp³-hybridized carbons (Fsp3) is 1.00. The molecule has 0 amide bonds. The molecule has 0 aromatic heterocycles. The normalized spacial score (nSPS) is 23.5. The van der Waals surface area contributed by atoms with Crippen molar-refractivity contribution in [3.05, 3.63) is 0 Å². The van der Waals surface area contributed by atoms with Crippen LogP contribution >= 0.6 is 0 Å². The SMILES string of the molecule is [O]OC1CCC1. The maximum absolute atomic E-state index is 9.41. The van der Waals surface area contributed by atoms with E-state index >= 15 is 0 Å². The molecule has 0 atom stereocenters. The maximum atomic E-state index is 9.41. The van der Waals surface area contributed by atoms with Gasteiger partial charge >= 0.3 is 0 Å². The Morgan fingerprint density at radius 1 is 1.50 bits per heavy atom. The predicted octanol–water partition coefficient (Wildman–Crippen LogP) is 0.901. The van der Waals surface area contributed by atoms with Gasteiger partial charge in [-0.15, -0.1) is 0 Å². The fourth-order valence-corrected chi connectivity index (χ4v) is 0.467. The third-order valence-corrected chi connectivity index (χ3v) is 1.19. The summed E-state index contributed by atoms with van der Waals surface area (Å²) in [5.41, 5.74) is 0. The van der Waals surface area contributed by atoms with E-state index in [0.29, 0.717) is 0 Å². The van der Waals surface area contributed by atoms with Gasteiger partial charge in [-0.2, -0.15) is 0 Å². The van der Waals surface area contributed by atoms with Crippen LogP contribution in [0.2, 0.25) is 0 Å². The summed E-state index contributed by atoms with van der Waals surface area (Å²) in [6, 6.07) is 0. The first kappa shape index (κ1) is 4.09. The topological polar surface area (TPSA) is 29.1 Å². The van der Waals surface area contributed by atoms with E-state index in [4.69, 9.17) is 0 Å². The molecule has 0 unspecified atom stereocenters. The second kappa shape index (κ2) is 1.58. The highest BCUT2D eigenvalue weighted by molar-refractivity contribution is 4.66. The first-order valence-electron chi connectivity index (χ1n) is 2.22. The van der Waals surface area contributed by atoms with Crippen molar-refractivity contribution in [2.45, 2.75) is 25.4 Å². The molecule has 2 heteroatoms. The maximum Gasteiger partial charge on any atom is 0.0962 e. The Labute approximate surface area is 36.7 Å². The number of hydrogen-bond donors (Lipinski definition) is 0. The first-order chi connectivity index (χ1) is 2.93. The number of hydrogen-bond acceptors (Lipinski definition) is 1. The highest BCUT2D eigenvalue weighted by Crippen LogP contribution is 2.20. The van der Waals surface area contributed by atoms with Crippen molar-refractivity contribution in [3.8, 4) is 0 Å². The average Bonchev–Trinajstić information content (AvgIpc) is 1.31. The monoisotopic (exact) mass is 87.0 g/mol. The van der Waals surface area contributed by atoms with Gasteiger partial charge in [0, 0.05) is 0 Å². The minimum absolute atomic E-state index is 0.0602. The smallest absolute Gasteiger partial charge is 0.0962 e. The molecule has 1 saturated carbocycles. The lowest BCUT2D eigenvalue weighted by atomic mass is 9.97. The van der Waals surface area contributed by atoms with Crippen LogP contribution in [0.25, 0.3) is 0 Å². The summed E-state index contributed by atoms with van der Waals surface area (Å²) >= 11 is 0. The Kier molecular flexibility index (Phi) is 1.08. The Bertz CT molecular complexity index is 38.1. The third-order valence-electron chi connectivity index (χ3n) is 1.19. The summed E-state index contributed by atoms with van der Waals surface area (Å²) in [5.74, 6) is 0. The number of rotatable bonds is 1. The molecular weight excluding hydrogens is 80.0 g/mol. The second-order valence-electron chi connectivity index (χ2n) is 1.65. The van der Waals surface area contributed by atoms with Crippen LogP contribution in [0, 0.1) is 0 Å². The van der Waals surface area contributed by atoms with Gasteiger partial charge in [0.25, 0.3) is 0 Å². The minimum Gasteiger partial charge on any atom is -0.200 e. The first-order valence-corrected chi connectivity index (χ1v) is 2.22. The van der Waals surface area contributed by atoms with E-state index in [0.717, 1.165) is 12.8 Å². The van der Waals surface area contributed by atoms with Gasteiger partial charge in [-0.3, -0.25) is 0 Å². The van der Waals surface area contributed by atoms with Crippen molar-refractivity contribution in [2.24, 2.45) is 0 Å². The second-order valence-corrected chi connectivity index (χ2v) is 1.65. The molecule has 1 aliphatic carbocycles. The van der Waals surface area contributed by atoms with Crippen LogP contribution in [0.15, 0.2) is 0 Å². The molecule has 6 heavy (non-hydrogen) atoms. The van der Waals surface area contributed by atoms with E-state index in [1.54, 1.807) is 0 Å². The molecule has 1 radical (unpaired) electrons. The van der Waals surface area contributed by atoms with E-state index < -0.39 is 0 Å². The molecule has 0 N–H and O–H groups in total. The molecule has 0 heterocycles. The standard InChI is InChI=1S/C4H7O2/c5-6-4-2-1-3-4/h4H,1-3H2. The van der Waals surface area contributed by atoms with Gasteiger partial charge in [0.2, 0.25) is 0 Å². The van der Waals surface area contributed by atoms with Gasteiger partial charge in [-0.1, -0.05) is 0 Å². The quantitative estimate of drug-likeness (QED) is 0.345. The molecule has 0 aromatic carbocycles. The van der Waals surface area contributed by atoms with Crippen LogP contribution < -0.4 is 0 Å². The van der Waals surface area contributed by atoms with Crippen LogP contribution in [-0.4, -0.2) is 6.10 Å². The molecular formula is C4H7O2. The Hall–Kier alpha value is -0.0800. The van der Waals surface area contributed by atoms with Crippen molar-refractivity contribution in [1.82, 2.24) is 0 Å². The van der Waals surface area contributed by atoms with E-state index in [1.807, 2.05) is 0 Å². The Morgan fingerprint density at radius 3 is 2.17 bits per heavy atom. The largest absolute Gasteiger partial charge is 0.200 e. The van der Waals surface area contributed by atoms with Crippen LogP contribution in [0.5, 0.6) is 0 Å². The van der Waals surface area contributed by atoms with Gasteiger partial charge in [0.1, 0.15) is 0 Å². The van der Waals surface area contributed by atoms with E-state index in [1.165, 1.54) is 6.42 Å². The van der Waals surface area contributed by atoms with Crippen LogP contribution in [0.4, 0.5) is 0 Å². The summed E-state index contributed by atoms with van der Waals surface area (Å²) in [4.78, 5) is 3.74. The average molecular weight is 87.1 g/mol. The van der Waals surface area contributed by atoms with Gasteiger partial charge in [-0.05, 0) is 24.5 Å². The van der Waals surface area contributed by atoms with Crippen molar-refractivity contribution in [1.29, 1.82) is 0 Å². The van der Waals surface area contributed by atoms with Crippen molar-refractivity contribution in [2.75, 3.05) is 0 Å². The molecule has 0 saturated heterocycles. The molecule has 2 nitrogen and oxygen atoms in total. The Morgan fingerprint density at radius 2 is 2.17 bits per heavy atom. The lowest BCUT2D eigenvalue weighted by Gasteiger charge is -2.19. The molecule has 0 aliphatic heterocycles. The zero-order chi connectivity index (χ0) is 4.41. The van der Waals surface area contributed by atoms with Crippen molar-refractivity contribution in [3.63, 3.8) is 0 Å². The lowest BCUT2D eigenvalue weighted by Crippen LogP contribution is -2.18. The van der Waals surface area contributed by atoms with Crippen LogP contribution in [0.1, 0.15) is 19.3 Å². The lowest BCUT2D eigenvalue weighted by molar-refractivity contribution is -0.347. The highest BCUT2D eigenvalue weighted by Gasteiger charge is 2.17. The van der Waals surface area contributed by atoms with Crippen LogP contribution in [-0.2, 0) is 10.1 Å².